The van der Waals surface area contributed by atoms with Gasteiger partial charge in [-0.2, -0.15) is 0 Å². The van der Waals surface area contributed by atoms with Gasteiger partial charge >= 0.3 is 0 Å². The third-order valence-electron chi connectivity index (χ3n) is 4.54. The van der Waals surface area contributed by atoms with Crippen LogP contribution < -0.4 is 9.47 Å². The first kappa shape index (κ1) is 21.4. The highest BCUT2D eigenvalue weighted by atomic mass is 32.2. The summed E-state index contributed by atoms with van der Waals surface area (Å²) in [6.07, 6.45) is 3.65. The van der Waals surface area contributed by atoms with Gasteiger partial charge in [0.15, 0.2) is 0 Å². The molecule has 4 nitrogen and oxygen atoms in total. The number of aryl methyl sites for hydroxylation is 1. The van der Waals surface area contributed by atoms with Crippen molar-refractivity contribution in [2.24, 2.45) is 0 Å². The SMILES string of the molecule is CCc1ccc(OCCCOc2ccccc2/C=C2\SC(=S)N(CC)C2=O)cc1. The normalized spacial score (nSPS) is 15.2. The number of benzene rings is 2. The molecule has 0 saturated carbocycles. The van der Waals surface area contributed by atoms with Gasteiger partial charge in [-0.1, -0.05) is 61.2 Å². The zero-order valence-electron chi connectivity index (χ0n) is 16.7. The molecule has 1 fully saturated rings. The summed E-state index contributed by atoms with van der Waals surface area (Å²) in [4.78, 5) is 14.7. The summed E-state index contributed by atoms with van der Waals surface area (Å²) in [5.74, 6) is 1.59. The number of amides is 1. The predicted molar refractivity (Wildman–Crippen MR) is 123 cm³/mol. The topological polar surface area (TPSA) is 38.8 Å². The summed E-state index contributed by atoms with van der Waals surface area (Å²) in [6, 6.07) is 15.9. The molecule has 6 heteroatoms. The molecule has 1 aliphatic rings. The molecule has 0 atom stereocenters. The Labute approximate surface area is 181 Å². The molecule has 0 aliphatic carbocycles. The molecule has 1 saturated heterocycles. The largest absolute Gasteiger partial charge is 0.493 e. The first-order valence-electron chi connectivity index (χ1n) is 9.81. The monoisotopic (exact) mass is 427 g/mol. The van der Waals surface area contributed by atoms with Gasteiger partial charge in [-0.3, -0.25) is 9.69 Å². The van der Waals surface area contributed by atoms with E-state index in [9.17, 15) is 4.79 Å². The van der Waals surface area contributed by atoms with Crippen LogP contribution in [0.3, 0.4) is 0 Å². The maximum atomic E-state index is 12.4. The minimum atomic E-state index is -0.0419. The number of ether oxygens (including phenoxy) is 2. The van der Waals surface area contributed by atoms with Crippen LogP contribution in [0.1, 0.15) is 31.4 Å². The fourth-order valence-electron chi connectivity index (χ4n) is 2.90. The number of likely N-dealkylation sites (N-methyl/N-ethyl adjacent to an activating group) is 1. The Balaban J connectivity index is 1.53. The number of carbonyl (C=O) groups excluding carboxylic acids is 1. The Hall–Kier alpha value is -2.31. The van der Waals surface area contributed by atoms with Gasteiger partial charge in [-0.05, 0) is 43.2 Å². The highest BCUT2D eigenvalue weighted by Gasteiger charge is 2.30. The lowest BCUT2D eigenvalue weighted by Gasteiger charge is -2.11. The Kier molecular flexibility index (Phi) is 7.72. The second kappa shape index (κ2) is 10.5. The minimum Gasteiger partial charge on any atom is -0.493 e. The lowest BCUT2D eigenvalue weighted by Crippen LogP contribution is -2.27. The third-order valence-corrected chi connectivity index (χ3v) is 5.92. The molecule has 1 heterocycles. The fourth-order valence-corrected chi connectivity index (χ4v) is 4.27. The first-order valence-corrected chi connectivity index (χ1v) is 11.0. The zero-order valence-corrected chi connectivity index (χ0v) is 18.4. The van der Waals surface area contributed by atoms with E-state index < -0.39 is 0 Å². The molecule has 0 aromatic heterocycles. The van der Waals surface area contributed by atoms with Crippen molar-refractivity contribution in [1.82, 2.24) is 4.90 Å². The number of carbonyl (C=O) groups is 1. The van der Waals surface area contributed by atoms with Gasteiger partial charge < -0.3 is 9.47 Å². The summed E-state index contributed by atoms with van der Waals surface area (Å²) in [5.41, 5.74) is 2.17. The van der Waals surface area contributed by atoms with Gasteiger partial charge in [0.2, 0.25) is 0 Å². The molecule has 1 aliphatic heterocycles. The van der Waals surface area contributed by atoms with E-state index in [1.807, 2.05) is 49.4 Å². The van der Waals surface area contributed by atoms with Crippen LogP contribution >= 0.6 is 24.0 Å². The number of hydrogen-bond donors (Lipinski definition) is 0. The maximum Gasteiger partial charge on any atom is 0.266 e. The van der Waals surface area contributed by atoms with Crippen molar-refractivity contribution in [3.8, 4) is 11.5 Å². The average Bonchev–Trinajstić information content (AvgIpc) is 3.01. The van der Waals surface area contributed by atoms with Crippen LogP contribution in [0.5, 0.6) is 11.5 Å². The summed E-state index contributed by atoms with van der Waals surface area (Å²) >= 11 is 6.61. The minimum absolute atomic E-state index is 0.0419. The fraction of sp³-hybridized carbons (Fsp3) is 0.304. The zero-order chi connectivity index (χ0) is 20.6. The number of thiocarbonyl (C=S) groups is 1. The Morgan fingerprint density at radius 3 is 2.45 bits per heavy atom. The van der Waals surface area contributed by atoms with Crippen molar-refractivity contribution >= 4 is 40.3 Å². The van der Waals surface area contributed by atoms with Crippen molar-refractivity contribution in [1.29, 1.82) is 0 Å². The number of nitrogens with zero attached hydrogens (tertiary/aromatic N) is 1. The van der Waals surface area contributed by atoms with Crippen molar-refractivity contribution in [2.75, 3.05) is 19.8 Å². The molecular formula is C23H25NO3S2. The highest BCUT2D eigenvalue weighted by molar-refractivity contribution is 8.26. The summed E-state index contributed by atoms with van der Waals surface area (Å²) in [5, 5.41) is 0. The third kappa shape index (κ3) is 5.61. The van der Waals surface area contributed by atoms with Crippen LogP contribution in [0.15, 0.2) is 53.4 Å². The number of hydrogen-bond acceptors (Lipinski definition) is 5. The molecule has 0 unspecified atom stereocenters. The van der Waals surface area contributed by atoms with E-state index in [1.165, 1.54) is 17.3 Å². The van der Waals surface area contributed by atoms with Gasteiger partial charge in [-0.25, -0.2) is 0 Å². The van der Waals surface area contributed by atoms with Crippen molar-refractivity contribution in [2.45, 2.75) is 26.7 Å². The molecule has 29 heavy (non-hydrogen) atoms. The van der Waals surface area contributed by atoms with Crippen molar-refractivity contribution in [3.05, 3.63) is 64.6 Å². The van der Waals surface area contributed by atoms with Gasteiger partial charge in [0.25, 0.3) is 5.91 Å². The second-order valence-corrected chi connectivity index (χ2v) is 8.19. The molecule has 0 bridgehead atoms. The van der Waals surface area contributed by atoms with Crippen LogP contribution in [-0.2, 0) is 11.2 Å². The van der Waals surface area contributed by atoms with Gasteiger partial charge in [0.05, 0.1) is 18.1 Å². The average molecular weight is 428 g/mol. The van der Waals surface area contributed by atoms with E-state index >= 15 is 0 Å². The number of thioether (sulfide) groups is 1. The lowest BCUT2D eigenvalue weighted by molar-refractivity contribution is -0.121. The van der Waals surface area contributed by atoms with Gasteiger partial charge in [0.1, 0.15) is 15.8 Å². The Bertz CT molecular complexity index is 893. The van der Waals surface area contributed by atoms with E-state index in [0.29, 0.717) is 29.0 Å². The predicted octanol–water partition coefficient (Wildman–Crippen LogP) is 5.32. The maximum absolute atomic E-state index is 12.4. The highest BCUT2D eigenvalue weighted by Crippen LogP contribution is 2.34. The van der Waals surface area contributed by atoms with Crippen molar-refractivity contribution in [3.63, 3.8) is 0 Å². The summed E-state index contributed by atoms with van der Waals surface area (Å²) in [6.45, 7) is 5.76. The Morgan fingerprint density at radius 1 is 1.03 bits per heavy atom. The van der Waals surface area contributed by atoms with Crippen molar-refractivity contribution < 1.29 is 14.3 Å². The first-order chi connectivity index (χ1) is 14.1. The molecule has 0 radical (unpaired) electrons. The van der Waals surface area contributed by atoms with Crippen LogP contribution in [0, 0.1) is 0 Å². The van der Waals surface area contributed by atoms with E-state index in [2.05, 4.69) is 19.1 Å². The molecule has 2 aromatic carbocycles. The quantitative estimate of drug-likeness (QED) is 0.308. The van der Waals surface area contributed by atoms with Crippen LogP contribution in [0.2, 0.25) is 0 Å². The molecule has 2 aromatic rings. The standard InChI is InChI=1S/C23H25NO3S2/c1-3-17-10-12-19(13-11-17)26-14-7-15-27-20-9-6-5-8-18(20)16-21-22(25)24(4-2)23(28)29-21/h5-6,8-13,16H,3-4,7,14-15H2,1-2H3/b21-16-. The molecule has 152 valence electrons. The van der Waals surface area contributed by atoms with Crippen LogP contribution in [0.4, 0.5) is 0 Å². The lowest BCUT2D eigenvalue weighted by atomic mass is 10.2. The van der Waals surface area contributed by atoms with E-state index in [-0.39, 0.29) is 5.91 Å². The summed E-state index contributed by atoms with van der Waals surface area (Å²) in [7, 11) is 0. The molecular weight excluding hydrogens is 402 g/mol. The Morgan fingerprint density at radius 2 is 1.76 bits per heavy atom. The van der Waals surface area contributed by atoms with Gasteiger partial charge in [0, 0.05) is 18.5 Å². The molecule has 0 spiro atoms. The van der Waals surface area contributed by atoms with E-state index in [1.54, 1.807) is 4.90 Å². The van der Waals surface area contributed by atoms with E-state index in [4.69, 9.17) is 21.7 Å². The van der Waals surface area contributed by atoms with Crippen LogP contribution in [-0.4, -0.2) is 34.9 Å². The van der Waals surface area contributed by atoms with Crippen LogP contribution in [0.25, 0.3) is 6.08 Å². The van der Waals surface area contributed by atoms with Gasteiger partial charge in [-0.15, -0.1) is 0 Å². The molecule has 0 N–H and O–H groups in total. The van der Waals surface area contributed by atoms with E-state index in [0.717, 1.165) is 29.9 Å². The molecule has 1 amide bonds. The number of rotatable bonds is 9. The number of para-hydroxylation sites is 1. The summed E-state index contributed by atoms with van der Waals surface area (Å²) < 4.78 is 12.3. The smallest absolute Gasteiger partial charge is 0.266 e. The second-order valence-electron chi connectivity index (χ2n) is 6.51. The molecule has 3 rings (SSSR count).